The Kier molecular flexibility index (Phi) is 3.97. The lowest BCUT2D eigenvalue weighted by Crippen LogP contribution is -2.03. The molecule has 2 aromatic rings. The Balaban J connectivity index is 2.19. The number of esters is 1. The molecule has 2 N–H and O–H groups in total. The molecule has 0 unspecified atom stereocenters. The molecule has 1 heterocycles. The van der Waals surface area contributed by atoms with Gasteiger partial charge in [-0.25, -0.2) is 4.79 Å². The van der Waals surface area contributed by atoms with Gasteiger partial charge in [-0.05, 0) is 31.2 Å². The minimum atomic E-state index is -0.329. The summed E-state index contributed by atoms with van der Waals surface area (Å²) in [6, 6.07) is 10.6. The van der Waals surface area contributed by atoms with Crippen LogP contribution >= 0.6 is 0 Å². The van der Waals surface area contributed by atoms with Gasteiger partial charge in [0.15, 0.2) is 0 Å². The molecule has 0 fully saturated rings. The van der Waals surface area contributed by atoms with Gasteiger partial charge >= 0.3 is 5.97 Å². The maximum Gasteiger partial charge on any atom is 0.338 e. The van der Waals surface area contributed by atoms with Crippen LogP contribution in [0.2, 0.25) is 0 Å². The molecule has 0 atom stereocenters. The standard InChI is InChI=1S/C14H14N2O3/c1-2-18-14(17)11-5-3-10(4-6-11)13-8-7-12(19-13)9-16-15/h3-9H,2,15H2,1H3. The van der Waals surface area contributed by atoms with Crippen LogP contribution in [0, 0.1) is 0 Å². The lowest BCUT2D eigenvalue weighted by molar-refractivity contribution is 0.0526. The Bertz CT molecular complexity index is 585. The number of hydrogen-bond acceptors (Lipinski definition) is 5. The summed E-state index contributed by atoms with van der Waals surface area (Å²) in [6.07, 6.45) is 1.43. The predicted molar refractivity (Wildman–Crippen MR) is 71.9 cm³/mol. The highest BCUT2D eigenvalue weighted by atomic mass is 16.5. The molecular weight excluding hydrogens is 244 g/mol. The SMILES string of the molecule is CCOC(=O)c1ccc(-c2ccc(C=NN)o2)cc1. The van der Waals surface area contributed by atoms with Gasteiger partial charge in [0, 0.05) is 5.56 Å². The van der Waals surface area contributed by atoms with Crippen LogP contribution in [0.1, 0.15) is 23.0 Å². The zero-order chi connectivity index (χ0) is 13.7. The average molecular weight is 258 g/mol. The van der Waals surface area contributed by atoms with Crippen molar-refractivity contribution in [3.8, 4) is 11.3 Å². The maximum atomic E-state index is 11.5. The zero-order valence-electron chi connectivity index (χ0n) is 10.5. The zero-order valence-corrected chi connectivity index (χ0v) is 10.5. The van der Waals surface area contributed by atoms with Gasteiger partial charge < -0.3 is 15.0 Å². The fourth-order valence-corrected chi connectivity index (χ4v) is 1.64. The first kappa shape index (κ1) is 12.9. The summed E-state index contributed by atoms with van der Waals surface area (Å²) >= 11 is 0. The molecule has 5 nitrogen and oxygen atoms in total. The van der Waals surface area contributed by atoms with Crippen molar-refractivity contribution < 1.29 is 13.9 Å². The second kappa shape index (κ2) is 5.86. The smallest absolute Gasteiger partial charge is 0.338 e. The molecular formula is C14H14N2O3. The van der Waals surface area contributed by atoms with Crippen molar-refractivity contribution in [2.24, 2.45) is 10.9 Å². The van der Waals surface area contributed by atoms with E-state index in [0.717, 1.165) is 5.56 Å². The molecule has 19 heavy (non-hydrogen) atoms. The van der Waals surface area contributed by atoms with Gasteiger partial charge in [-0.3, -0.25) is 0 Å². The second-order valence-corrected chi connectivity index (χ2v) is 3.78. The summed E-state index contributed by atoms with van der Waals surface area (Å²) in [6.45, 7) is 2.14. The molecule has 0 aliphatic carbocycles. The number of ether oxygens (including phenoxy) is 1. The molecule has 1 aromatic heterocycles. The summed E-state index contributed by atoms with van der Waals surface area (Å²) in [5, 5.41) is 3.39. The highest BCUT2D eigenvalue weighted by Gasteiger charge is 2.08. The molecule has 0 aliphatic rings. The summed E-state index contributed by atoms with van der Waals surface area (Å²) in [7, 11) is 0. The Labute approximate surface area is 110 Å². The Morgan fingerprint density at radius 2 is 2.05 bits per heavy atom. The number of hydrazone groups is 1. The van der Waals surface area contributed by atoms with Gasteiger partial charge in [-0.2, -0.15) is 5.10 Å². The summed E-state index contributed by atoms with van der Waals surface area (Å²) in [5.41, 5.74) is 1.38. The molecule has 2 rings (SSSR count). The predicted octanol–water partition coefficient (Wildman–Crippen LogP) is 2.42. The molecule has 0 saturated carbocycles. The van der Waals surface area contributed by atoms with Crippen LogP contribution in [0.3, 0.4) is 0 Å². The lowest BCUT2D eigenvalue weighted by atomic mass is 10.1. The monoisotopic (exact) mass is 258 g/mol. The minimum absolute atomic E-state index is 0.329. The third-order valence-corrected chi connectivity index (χ3v) is 2.51. The van der Waals surface area contributed by atoms with Crippen molar-refractivity contribution in [3.05, 3.63) is 47.7 Å². The van der Waals surface area contributed by atoms with E-state index in [4.69, 9.17) is 15.0 Å². The topological polar surface area (TPSA) is 77.8 Å². The van der Waals surface area contributed by atoms with Crippen LogP contribution in [0.15, 0.2) is 45.9 Å². The number of rotatable bonds is 4. The minimum Gasteiger partial charge on any atom is -0.462 e. The molecule has 0 radical (unpaired) electrons. The van der Waals surface area contributed by atoms with Crippen LogP contribution in [0.4, 0.5) is 0 Å². The van der Waals surface area contributed by atoms with E-state index in [1.807, 2.05) is 6.07 Å². The van der Waals surface area contributed by atoms with E-state index in [-0.39, 0.29) is 5.97 Å². The Morgan fingerprint density at radius 3 is 2.68 bits per heavy atom. The number of nitrogens with two attached hydrogens (primary N) is 1. The first-order chi connectivity index (χ1) is 9.24. The maximum absolute atomic E-state index is 11.5. The van der Waals surface area contributed by atoms with Gasteiger partial charge in [-0.1, -0.05) is 12.1 Å². The molecule has 5 heteroatoms. The van der Waals surface area contributed by atoms with Crippen molar-refractivity contribution >= 4 is 12.2 Å². The van der Waals surface area contributed by atoms with Crippen LogP contribution in [0.25, 0.3) is 11.3 Å². The van der Waals surface area contributed by atoms with E-state index in [0.29, 0.717) is 23.7 Å². The van der Waals surface area contributed by atoms with Crippen molar-refractivity contribution in [3.63, 3.8) is 0 Å². The summed E-state index contributed by atoms with van der Waals surface area (Å²) < 4.78 is 10.4. The van der Waals surface area contributed by atoms with E-state index in [1.165, 1.54) is 6.21 Å². The third kappa shape index (κ3) is 3.01. The number of furan rings is 1. The third-order valence-electron chi connectivity index (χ3n) is 2.51. The van der Waals surface area contributed by atoms with Gasteiger partial charge in [0.2, 0.25) is 0 Å². The van der Waals surface area contributed by atoms with Crippen LogP contribution in [0.5, 0.6) is 0 Å². The highest BCUT2D eigenvalue weighted by Crippen LogP contribution is 2.22. The lowest BCUT2D eigenvalue weighted by Gasteiger charge is -2.02. The van der Waals surface area contributed by atoms with E-state index in [9.17, 15) is 4.79 Å². The molecule has 0 bridgehead atoms. The van der Waals surface area contributed by atoms with E-state index in [2.05, 4.69) is 5.10 Å². The number of carbonyl (C=O) groups excluding carboxylic acids is 1. The van der Waals surface area contributed by atoms with E-state index >= 15 is 0 Å². The van der Waals surface area contributed by atoms with Gasteiger partial charge in [-0.15, -0.1) is 0 Å². The molecule has 0 saturated heterocycles. The van der Waals surface area contributed by atoms with Crippen LogP contribution < -0.4 is 5.84 Å². The van der Waals surface area contributed by atoms with Crippen molar-refractivity contribution in [2.45, 2.75) is 6.92 Å². The molecule has 0 aliphatic heterocycles. The number of hydrogen-bond donors (Lipinski definition) is 1. The Hall–Kier alpha value is -2.56. The molecule has 0 spiro atoms. The first-order valence-electron chi connectivity index (χ1n) is 5.85. The normalized spacial score (nSPS) is 10.8. The summed E-state index contributed by atoms with van der Waals surface area (Å²) in [5.74, 6) is 5.98. The van der Waals surface area contributed by atoms with Gasteiger partial charge in [0.05, 0.1) is 18.4 Å². The van der Waals surface area contributed by atoms with Crippen molar-refractivity contribution in [1.29, 1.82) is 0 Å². The molecule has 0 amide bonds. The van der Waals surface area contributed by atoms with Crippen LogP contribution in [-0.2, 0) is 4.74 Å². The van der Waals surface area contributed by atoms with Crippen molar-refractivity contribution in [1.82, 2.24) is 0 Å². The Morgan fingerprint density at radius 1 is 1.32 bits per heavy atom. The van der Waals surface area contributed by atoms with Crippen LogP contribution in [-0.4, -0.2) is 18.8 Å². The molecule has 1 aromatic carbocycles. The number of benzene rings is 1. The van der Waals surface area contributed by atoms with E-state index in [1.54, 1.807) is 37.3 Å². The fourth-order valence-electron chi connectivity index (χ4n) is 1.64. The number of nitrogens with zero attached hydrogens (tertiary/aromatic N) is 1. The second-order valence-electron chi connectivity index (χ2n) is 3.78. The van der Waals surface area contributed by atoms with Gasteiger partial charge in [0.1, 0.15) is 11.5 Å². The van der Waals surface area contributed by atoms with E-state index < -0.39 is 0 Å². The highest BCUT2D eigenvalue weighted by molar-refractivity contribution is 5.90. The quantitative estimate of drug-likeness (QED) is 0.395. The number of carbonyl (C=O) groups is 1. The fraction of sp³-hybridized carbons (Fsp3) is 0.143. The largest absolute Gasteiger partial charge is 0.462 e. The first-order valence-corrected chi connectivity index (χ1v) is 5.85. The average Bonchev–Trinajstić information content (AvgIpc) is 2.88. The van der Waals surface area contributed by atoms with Crippen molar-refractivity contribution in [2.75, 3.05) is 6.61 Å². The summed E-state index contributed by atoms with van der Waals surface area (Å²) in [4.78, 5) is 11.5. The van der Waals surface area contributed by atoms with Gasteiger partial charge in [0.25, 0.3) is 0 Å². The molecule has 98 valence electrons.